The van der Waals surface area contributed by atoms with Crippen LogP contribution >= 0.6 is 0 Å². The smallest absolute Gasteiger partial charge is 0.241 e. The molecule has 6 nitrogen and oxygen atoms in total. The van der Waals surface area contributed by atoms with Crippen LogP contribution in [0, 0.1) is 0 Å². The van der Waals surface area contributed by atoms with Crippen LogP contribution in [0.1, 0.15) is 26.3 Å². The van der Waals surface area contributed by atoms with Gasteiger partial charge in [0.1, 0.15) is 11.8 Å². The van der Waals surface area contributed by atoms with Crippen LogP contribution in [0.5, 0.6) is 5.75 Å². The lowest BCUT2D eigenvalue weighted by atomic mass is 10.1. The van der Waals surface area contributed by atoms with Gasteiger partial charge in [-0.1, -0.05) is 18.2 Å². The summed E-state index contributed by atoms with van der Waals surface area (Å²) >= 11 is 0. The molecule has 1 unspecified atom stereocenters. The second-order valence-corrected chi connectivity index (χ2v) is 6.14. The van der Waals surface area contributed by atoms with Crippen LogP contribution in [0.4, 0.5) is 0 Å². The summed E-state index contributed by atoms with van der Waals surface area (Å²) in [6, 6.07) is 7.32. The van der Waals surface area contributed by atoms with E-state index in [1.807, 2.05) is 38.1 Å². The molecule has 1 aromatic carbocycles. The number of carbonyl (C=O) groups excluding carboxylic acids is 2. The first-order chi connectivity index (χ1) is 10.9. The van der Waals surface area contributed by atoms with Gasteiger partial charge < -0.3 is 15.4 Å². The number of para-hydroxylation sites is 1. The predicted octanol–water partition coefficient (Wildman–Crippen LogP) is 0.992. The number of carbonyl (C=O) groups is 2. The van der Waals surface area contributed by atoms with Crippen molar-refractivity contribution in [3.05, 3.63) is 29.8 Å². The molecule has 0 saturated carbocycles. The molecule has 0 bridgehead atoms. The van der Waals surface area contributed by atoms with Gasteiger partial charge in [0.05, 0.1) is 6.10 Å². The van der Waals surface area contributed by atoms with Crippen molar-refractivity contribution < 1.29 is 14.3 Å². The number of primary amides is 1. The van der Waals surface area contributed by atoms with Crippen molar-refractivity contribution in [3.8, 4) is 5.75 Å². The molecule has 1 atom stereocenters. The Morgan fingerprint density at radius 2 is 2.00 bits per heavy atom. The van der Waals surface area contributed by atoms with Crippen LogP contribution in [-0.4, -0.2) is 53.4 Å². The van der Waals surface area contributed by atoms with Gasteiger partial charge in [0.15, 0.2) is 0 Å². The molecule has 0 spiro atoms. The Hall–Kier alpha value is -2.08. The van der Waals surface area contributed by atoms with Crippen LogP contribution < -0.4 is 10.5 Å². The van der Waals surface area contributed by atoms with E-state index in [4.69, 9.17) is 10.5 Å². The highest BCUT2D eigenvalue weighted by Gasteiger charge is 2.32. The van der Waals surface area contributed by atoms with Gasteiger partial charge >= 0.3 is 0 Å². The molecule has 1 saturated heterocycles. The van der Waals surface area contributed by atoms with Gasteiger partial charge in [-0.2, -0.15) is 0 Å². The maximum atomic E-state index is 11.7. The third kappa shape index (κ3) is 4.45. The van der Waals surface area contributed by atoms with Crippen LogP contribution in [-0.2, 0) is 16.1 Å². The van der Waals surface area contributed by atoms with Gasteiger partial charge in [0.2, 0.25) is 11.8 Å². The number of rotatable bonds is 5. The monoisotopic (exact) mass is 319 g/mol. The number of nitrogens with two attached hydrogens (primary N) is 1. The van der Waals surface area contributed by atoms with Gasteiger partial charge in [-0.15, -0.1) is 0 Å². The summed E-state index contributed by atoms with van der Waals surface area (Å²) < 4.78 is 5.84. The van der Waals surface area contributed by atoms with E-state index in [9.17, 15) is 9.59 Å². The Kier molecular flexibility index (Phi) is 5.60. The lowest BCUT2D eigenvalue weighted by Crippen LogP contribution is -2.59. The zero-order chi connectivity index (χ0) is 17.0. The molecule has 0 radical (unpaired) electrons. The molecule has 0 aromatic heterocycles. The number of ether oxygens (including phenoxy) is 1. The number of piperazine rings is 1. The fraction of sp³-hybridized carbons (Fsp3) is 0.529. The van der Waals surface area contributed by atoms with Crippen LogP contribution in [0.25, 0.3) is 0 Å². The molecule has 1 aromatic rings. The quantitative estimate of drug-likeness (QED) is 0.878. The number of amides is 2. The summed E-state index contributed by atoms with van der Waals surface area (Å²) in [6.45, 7) is 7.79. The molecular weight excluding hydrogens is 294 g/mol. The average Bonchev–Trinajstić information content (AvgIpc) is 2.48. The van der Waals surface area contributed by atoms with Gasteiger partial charge in [-0.05, 0) is 19.9 Å². The van der Waals surface area contributed by atoms with Crippen molar-refractivity contribution in [2.24, 2.45) is 5.73 Å². The summed E-state index contributed by atoms with van der Waals surface area (Å²) in [5.41, 5.74) is 6.53. The number of hydrogen-bond donors (Lipinski definition) is 1. The van der Waals surface area contributed by atoms with Gasteiger partial charge in [-0.3, -0.25) is 14.5 Å². The Morgan fingerprint density at radius 3 is 2.61 bits per heavy atom. The first-order valence-corrected chi connectivity index (χ1v) is 7.92. The lowest BCUT2D eigenvalue weighted by Gasteiger charge is -2.39. The Bertz CT molecular complexity index is 574. The normalized spacial score (nSPS) is 19.0. The number of nitrogens with zero attached hydrogens (tertiary/aromatic N) is 2. The summed E-state index contributed by atoms with van der Waals surface area (Å²) in [5.74, 6) is 0.278. The molecule has 2 N–H and O–H groups in total. The molecule has 0 aliphatic carbocycles. The van der Waals surface area contributed by atoms with E-state index in [-0.39, 0.29) is 12.0 Å². The highest BCUT2D eigenvalue weighted by molar-refractivity contribution is 5.86. The zero-order valence-corrected chi connectivity index (χ0v) is 14.0. The van der Waals surface area contributed by atoms with Crippen molar-refractivity contribution >= 4 is 11.8 Å². The molecule has 6 heteroatoms. The van der Waals surface area contributed by atoms with Crippen molar-refractivity contribution in [3.63, 3.8) is 0 Å². The summed E-state index contributed by atoms with van der Waals surface area (Å²) in [5, 5.41) is 0. The molecule has 1 heterocycles. The third-order valence-electron chi connectivity index (χ3n) is 3.93. The van der Waals surface area contributed by atoms with Crippen molar-refractivity contribution in [1.82, 2.24) is 9.80 Å². The van der Waals surface area contributed by atoms with E-state index >= 15 is 0 Å². The fourth-order valence-electron chi connectivity index (χ4n) is 2.85. The lowest BCUT2D eigenvalue weighted by molar-refractivity contribution is -0.141. The molecule has 1 aliphatic heterocycles. The molecule has 2 amide bonds. The van der Waals surface area contributed by atoms with Gasteiger partial charge in [0.25, 0.3) is 0 Å². The van der Waals surface area contributed by atoms with Crippen molar-refractivity contribution in [2.45, 2.75) is 39.5 Å². The number of benzene rings is 1. The standard InChI is InChI=1S/C17H25N3O3/c1-12(2)23-16-7-5-4-6-14(16)10-19-8-9-20(13(3)21)15(11-19)17(18)22/h4-7,12,15H,8-11H2,1-3H3,(H2,18,22). The number of hydrogen-bond acceptors (Lipinski definition) is 4. The molecule has 23 heavy (non-hydrogen) atoms. The second-order valence-electron chi connectivity index (χ2n) is 6.14. The van der Waals surface area contributed by atoms with E-state index in [0.717, 1.165) is 11.3 Å². The van der Waals surface area contributed by atoms with Gasteiger partial charge in [0, 0.05) is 38.7 Å². The highest BCUT2D eigenvalue weighted by Crippen LogP contribution is 2.22. The maximum Gasteiger partial charge on any atom is 0.241 e. The molecule has 2 rings (SSSR count). The highest BCUT2D eigenvalue weighted by atomic mass is 16.5. The van der Waals surface area contributed by atoms with E-state index < -0.39 is 11.9 Å². The minimum atomic E-state index is -0.570. The minimum Gasteiger partial charge on any atom is -0.491 e. The summed E-state index contributed by atoms with van der Waals surface area (Å²) in [7, 11) is 0. The molecular formula is C17H25N3O3. The van der Waals surface area contributed by atoms with E-state index in [1.54, 1.807) is 4.90 Å². The van der Waals surface area contributed by atoms with Crippen LogP contribution in [0.3, 0.4) is 0 Å². The Labute approximate surface area is 137 Å². The van der Waals surface area contributed by atoms with E-state index in [0.29, 0.717) is 26.2 Å². The minimum absolute atomic E-state index is 0.101. The topological polar surface area (TPSA) is 75.9 Å². The Balaban J connectivity index is 2.10. The van der Waals surface area contributed by atoms with E-state index in [2.05, 4.69) is 4.90 Å². The largest absolute Gasteiger partial charge is 0.491 e. The van der Waals surface area contributed by atoms with E-state index in [1.165, 1.54) is 6.92 Å². The average molecular weight is 319 g/mol. The first-order valence-electron chi connectivity index (χ1n) is 7.92. The van der Waals surface area contributed by atoms with Crippen LogP contribution in [0.15, 0.2) is 24.3 Å². The zero-order valence-electron chi connectivity index (χ0n) is 14.0. The van der Waals surface area contributed by atoms with Crippen molar-refractivity contribution in [2.75, 3.05) is 19.6 Å². The molecule has 1 fully saturated rings. The SMILES string of the molecule is CC(=O)N1CCN(Cc2ccccc2OC(C)C)CC1C(N)=O. The Morgan fingerprint density at radius 1 is 1.30 bits per heavy atom. The van der Waals surface area contributed by atoms with Gasteiger partial charge in [-0.25, -0.2) is 0 Å². The summed E-state index contributed by atoms with van der Waals surface area (Å²) in [4.78, 5) is 27.0. The van der Waals surface area contributed by atoms with Crippen LogP contribution in [0.2, 0.25) is 0 Å². The third-order valence-corrected chi connectivity index (χ3v) is 3.93. The fourth-order valence-corrected chi connectivity index (χ4v) is 2.85. The second kappa shape index (κ2) is 7.46. The summed E-state index contributed by atoms with van der Waals surface area (Å²) in [6.07, 6.45) is 0.101. The maximum absolute atomic E-state index is 11.7. The predicted molar refractivity (Wildman–Crippen MR) is 87.9 cm³/mol. The first kappa shape index (κ1) is 17.3. The molecule has 126 valence electrons. The molecule has 1 aliphatic rings. The van der Waals surface area contributed by atoms with Crippen molar-refractivity contribution in [1.29, 1.82) is 0 Å².